The van der Waals surface area contributed by atoms with Crippen molar-refractivity contribution in [1.82, 2.24) is 0 Å². The lowest BCUT2D eigenvalue weighted by atomic mass is 9.95. The molecule has 0 heterocycles. The van der Waals surface area contributed by atoms with Crippen LogP contribution in [0.4, 0.5) is 0 Å². The van der Waals surface area contributed by atoms with Crippen molar-refractivity contribution >= 4 is 36.0 Å². The number of benzene rings is 4. The summed E-state index contributed by atoms with van der Waals surface area (Å²) in [5.74, 6) is -1.20. The SMILES string of the molecule is COc1ccc(C(=O)OC(c2ccc(/C=C/C(=O)OC(C)(C)C)cc2)C(OC(=O)c2ccc(OC)cc2)c2ccc(/C=C/C(=O)OC(C)(C)C)cc2)cc1. The van der Waals surface area contributed by atoms with Crippen molar-refractivity contribution in [1.29, 1.82) is 0 Å². The molecule has 4 aromatic rings. The number of rotatable bonds is 13. The molecule has 2 unspecified atom stereocenters. The summed E-state index contributed by atoms with van der Waals surface area (Å²) in [6.07, 6.45) is 3.60. The molecule has 54 heavy (non-hydrogen) atoms. The second-order valence-corrected chi connectivity index (χ2v) is 14.2. The zero-order valence-corrected chi connectivity index (χ0v) is 31.8. The van der Waals surface area contributed by atoms with E-state index < -0.39 is 47.3 Å². The molecule has 0 bridgehead atoms. The molecule has 4 aromatic carbocycles. The second kappa shape index (κ2) is 18.1. The van der Waals surface area contributed by atoms with Crippen molar-refractivity contribution in [3.8, 4) is 11.5 Å². The molecule has 4 rings (SSSR count). The molecule has 0 amide bonds. The first-order valence-electron chi connectivity index (χ1n) is 17.3. The van der Waals surface area contributed by atoms with Crippen LogP contribution >= 0.6 is 0 Å². The summed E-state index contributed by atoms with van der Waals surface area (Å²) in [5, 5.41) is 0. The van der Waals surface area contributed by atoms with Gasteiger partial charge in [0, 0.05) is 12.2 Å². The van der Waals surface area contributed by atoms with Gasteiger partial charge in [-0.1, -0.05) is 48.5 Å². The van der Waals surface area contributed by atoms with E-state index in [4.69, 9.17) is 28.4 Å². The average molecular weight is 735 g/mol. The van der Waals surface area contributed by atoms with Crippen LogP contribution in [0.25, 0.3) is 12.2 Å². The lowest BCUT2D eigenvalue weighted by Gasteiger charge is -2.28. The smallest absolute Gasteiger partial charge is 0.338 e. The molecule has 0 radical (unpaired) electrons. The number of methoxy groups -OCH3 is 2. The van der Waals surface area contributed by atoms with Crippen LogP contribution in [0.15, 0.2) is 109 Å². The first kappa shape index (κ1) is 40.6. The summed E-state index contributed by atoms with van der Waals surface area (Å²) in [5.41, 5.74) is 1.59. The third-order valence-corrected chi connectivity index (χ3v) is 7.56. The minimum atomic E-state index is -1.14. The zero-order valence-electron chi connectivity index (χ0n) is 31.8. The molecule has 0 aliphatic carbocycles. The van der Waals surface area contributed by atoms with E-state index in [9.17, 15) is 19.2 Å². The molecule has 0 fully saturated rings. The van der Waals surface area contributed by atoms with Crippen LogP contribution < -0.4 is 9.47 Å². The van der Waals surface area contributed by atoms with E-state index >= 15 is 0 Å². The van der Waals surface area contributed by atoms with Crippen molar-refractivity contribution in [3.05, 3.63) is 143 Å². The van der Waals surface area contributed by atoms with Crippen LogP contribution in [0.1, 0.15) is 96.7 Å². The Balaban J connectivity index is 1.75. The number of ether oxygens (including phenoxy) is 6. The van der Waals surface area contributed by atoms with Crippen LogP contribution in [0.3, 0.4) is 0 Å². The Morgan fingerprint density at radius 1 is 0.481 bits per heavy atom. The molecule has 2 atom stereocenters. The summed E-state index contributed by atoms with van der Waals surface area (Å²) in [6, 6.07) is 26.8. The van der Waals surface area contributed by atoms with Crippen LogP contribution in [-0.2, 0) is 28.5 Å². The van der Waals surface area contributed by atoms with Crippen molar-refractivity contribution in [3.63, 3.8) is 0 Å². The average Bonchev–Trinajstić information content (AvgIpc) is 3.13. The van der Waals surface area contributed by atoms with Crippen LogP contribution in [0.5, 0.6) is 11.5 Å². The number of carbonyl (C=O) groups is 4. The standard InChI is InChI=1S/C44H46O10/c1-43(2,3)53-37(45)27-13-29-9-15-31(16-10-29)39(51-41(47)33-19-23-35(49-7)24-20-33)40(52-42(48)34-21-25-36(50-8)26-22-34)32-17-11-30(12-18-32)14-28-38(46)54-44(4,5)6/h9-28,39-40H,1-8H3/b27-13+,28-14+. The highest BCUT2D eigenvalue weighted by molar-refractivity contribution is 5.91. The van der Waals surface area contributed by atoms with E-state index in [0.717, 1.165) is 0 Å². The fourth-order valence-corrected chi connectivity index (χ4v) is 5.02. The summed E-state index contributed by atoms with van der Waals surface area (Å²) >= 11 is 0. The van der Waals surface area contributed by atoms with E-state index in [0.29, 0.717) is 33.8 Å². The lowest BCUT2D eigenvalue weighted by molar-refractivity contribution is -0.149. The van der Waals surface area contributed by atoms with Crippen LogP contribution in [0.2, 0.25) is 0 Å². The second-order valence-electron chi connectivity index (χ2n) is 14.2. The predicted octanol–water partition coefficient (Wildman–Crippen LogP) is 8.91. The Kier molecular flexibility index (Phi) is 13.6. The van der Waals surface area contributed by atoms with Gasteiger partial charge < -0.3 is 28.4 Å². The monoisotopic (exact) mass is 734 g/mol. The fraction of sp³-hybridized carbons (Fsp3) is 0.273. The van der Waals surface area contributed by atoms with Gasteiger partial charge in [0.15, 0.2) is 12.2 Å². The number of carbonyl (C=O) groups excluding carboxylic acids is 4. The van der Waals surface area contributed by atoms with Gasteiger partial charge in [-0.25, -0.2) is 19.2 Å². The van der Waals surface area contributed by atoms with Gasteiger partial charge in [0.05, 0.1) is 25.3 Å². The molecule has 0 N–H and O–H groups in total. The van der Waals surface area contributed by atoms with Crippen molar-refractivity contribution in [2.24, 2.45) is 0 Å². The number of esters is 4. The van der Waals surface area contributed by atoms with E-state index in [1.165, 1.54) is 26.4 Å². The summed E-state index contributed by atoms with van der Waals surface area (Å²) in [4.78, 5) is 52.0. The first-order chi connectivity index (χ1) is 25.5. The van der Waals surface area contributed by atoms with E-state index in [1.54, 1.807) is 151 Å². The highest BCUT2D eigenvalue weighted by atomic mass is 16.6. The first-order valence-corrected chi connectivity index (χ1v) is 17.3. The third-order valence-electron chi connectivity index (χ3n) is 7.56. The van der Waals surface area contributed by atoms with Gasteiger partial charge in [-0.15, -0.1) is 0 Å². The Bertz CT molecular complexity index is 1800. The maximum absolute atomic E-state index is 13.7. The summed E-state index contributed by atoms with van der Waals surface area (Å²) in [6.45, 7) is 10.7. The summed E-state index contributed by atoms with van der Waals surface area (Å²) < 4.78 is 33.6. The third kappa shape index (κ3) is 12.5. The maximum atomic E-state index is 13.7. The molecular formula is C44H46O10. The lowest BCUT2D eigenvalue weighted by Crippen LogP contribution is -2.23. The fourth-order valence-electron chi connectivity index (χ4n) is 5.02. The van der Waals surface area contributed by atoms with Crippen LogP contribution in [-0.4, -0.2) is 49.3 Å². The zero-order chi connectivity index (χ0) is 39.5. The minimum Gasteiger partial charge on any atom is -0.497 e. The Morgan fingerprint density at radius 2 is 0.796 bits per heavy atom. The van der Waals surface area contributed by atoms with E-state index in [2.05, 4.69) is 0 Å². The molecule has 0 aromatic heterocycles. The van der Waals surface area contributed by atoms with Crippen LogP contribution in [0, 0.1) is 0 Å². The normalized spacial score (nSPS) is 12.8. The Hall–Kier alpha value is -6.16. The van der Waals surface area contributed by atoms with Crippen molar-refractivity contribution in [2.75, 3.05) is 14.2 Å². The Labute approximate surface area is 316 Å². The molecule has 0 saturated heterocycles. The molecular weight excluding hydrogens is 688 g/mol. The van der Waals surface area contributed by atoms with Crippen molar-refractivity contribution < 1.29 is 47.6 Å². The minimum absolute atomic E-state index is 0.251. The highest BCUT2D eigenvalue weighted by Crippen LogP contribution is 2.37. The number of hydrogen-bond donors (Lipinski definition) is 0. The van der Waals surface area contributed by atoms with Gasteiger partial charge in [0.25, 0.3) is 0 Å². The van der Waals surface area contributed by atoms with E-state index in [1.807, 2.05) is 0 Å². The largest absolute Gasteiger partial charge is 0.497 e. The molecule has 0 spiro atoms. The topological polar surface area (TPSA) is 124 Å². The molecule has 10 nitrogen and oxygen atoms in total. The predicted molar refractivity (Wildman–Crippen MR) is 205 cm³/mol. The van der Waals surface area contributed by atoms with Crippen molar-refractivity contribution in [2.45, 2.75) is 65.0 Å². The molecule has 0 aliphatic rings. The maximum Gasteiger partial charge on any atom is 0.338 e. The van der Waals surface area contributed by atoms with Gasteiger partial charge in [0.1, 0.15) is 22.7 Å². The molecule has 0 aliphatic heterocycles. The van der Waals surface area contributed by atoms with Gasteiger partial charge in [-0.2, -0.15) is 0 Å². The van der Waals surface area contributed by atoms with Gasteiger partial charge in [-0.3, -0.25) is 0 Å². The van der Waals surface area contributed by atoms with Gasteiger partial charge >= 0.3 is 23.9 Å². The molecule has 0 saturated carbocycles. The Morgan fingerprint density at radius 3 is 1.07 bits per heavy atom. The van der Waals surface area contributed by atoms with Gasteiger partial charge in [0.2, 0.25) is 0 Å². The molecule has 282 valence electrons. The van der Waals surface area contributed by atoms with Gasteiger partial charge in [-0.05, 0) is 124 Å². The quantitative estimate of drug-likeness (QED) is 0.0747. The highest BCUT2D eigenvalue weighted by Gasteiger charge is 2.33. The molecule has 10 heteroatoms. The van der Waals surface area contributed by atoms with E-state index in [-0.39, 0.29) is 11.1 Å². The summed E-state index contributed by atoms with van der Waals surface area (Å²) in [7, 11) is 3.05. The number of hydrogen-bond acceptors (Lipinski definition) is 10.